The molecule has 134 heavy (non-hydrogen) atoms. The lowest BCUT2D eigenvalue weighted by Crippen LogP contribution is -2.10. The molecule has 0 atom stereocenters. The molecule has 0 fully saturated rings. The van der Waals surface area contributed by atoms with Gasteiger partial charge in [0.15, 0.2) is 0 Å². The van der Waals surface area contributed by atoms with Gasteiger partial charge in [0.2, 0.25) is 0 Å². The number of rotatable bonds is 15. The molecule has 628 valence electrons. The van der Waals surface area contributed by atoms with Crippen LogP contribution < -0.4 is 9.80 Å². The van der Waals surface area contributed by atoms with E-state index < -0.39 is 0 Å². The Morgan fingerprint density at radius 2 is 0.321 bits per heavy atom. The third-order valence-corrected chi connectivity index (χ3v) is 27.1. The number of furan rings is 2. The topological polar surface area (TPSA) is 52.5 Å². The molecule has 6 aromatic heterocycles. The molecule has 6 heterocycles. The molecule has 0 unspecified atom stereocenters. The highest BCUT2D eigenvalue weighted by Gasteiger charge is 2.23. The minimum Gasteiger partial charge on any atom is -0.456 e. The van der Waals surface area contributed by atoms with Gasteiger partial charge in [-0.15, -0.1) is 0 Å². The third-order valence-electron chi connectivity index (χ3n) is 27.1. The Balaban J connectivity index is 0.000000140. The van der Waals surface area contributed by atoms with Crippen molar-refractivity contribution in [2.45, 2.75) is 0 Å². The second-order valence-corrected chi connectivity index (χ2v) is 34.7. The van der Waals surface area contributed by atoms with E-state index in [-0.39, 0.29) is 0 Å². The van der Waals surface area contributed by atoms with Gasteiger partial charge in [-0.2, -0.15) is 0 Å². The summed E-state index contributed by atoms with van der Waals surface area (Å²) in [5.41, 5.74) is 35.9. The van der Waals surface area contributed by atoms with Crippen LogP contribution in [0.5, 0.6) is 0 Å². The number of hydrogen-bond acceptors (Lipinski definition) is 4. The van der Waals surface area contributed by atoms with Crippen molar-refractivity contribution >= 4 is 165 Å². The lowest BCUT2D eigenvalue weighted by Gasteiger charge is -2.26. The summed E-state index contributed by atoms with van der Waals surface area (Å²) in [6, 6.07) is 179. The first kappa shape index (κ1) is 77.2. The highest BCUT2D eigenvalue weighted by molar-refractivity contribution is 6.15. The molecule has 0 aliphatic rings. The van der Waals surface area contributed by atoms with Crippen LogP contribution in [0.15, 0.2) is 506 Å². The van der Waals surface area contributed by atoms with E-state index in [9.17, 15) is 0 Å². The van der Waals surface area contributed by atoms with Crippen molar-refractivity contribution in [2.75, 3.05) is 9.80 Å². The van der Waals surface area contributed by atoms with E-state index in [4.69, 9.17) is 8.83 Å². The van der Waals surface area contributed by atoms with E-state index in [1.165, 1.54) is 104 Å². The minimum atomic E-state index is 0.900. The number of benzene rings is 21. The maximum absolute atomic E-state index is 6.16. The minimum absolute atomic E-state index is 0.900. The zero-order valence-electron chi connectivity index (χ0n) is 72.8. The van der Waals surface area contributed by atoms with Crippen LogP contribution in [-0.4, -0.2) is 18.3 Å². The van der Waals surface area contributed by atoms with Crippen molar-refractivity contribution < 1.29 is 8.83 Å². The average Bonchev–Trinajstić information content (AvgIpc) is 1.59. The normalized spacial score (nSPS) is 11.7. The van der Waals surface area contributed by atoms with Gasteiger partial charge in [0.25, 0.3) is 0 Å². The molecule has 0 saturated carbocycles. The summed E-state index contributed by atoms with van der Waals surface area (Å²) in [6.45, 7) is 0. The maximum atomic E-state index is 6.16. The van der Waals surface area contributed by atoms with Crippen molar-refractivity contribution in [1.29, 1.82) is 0 Å². The molecule has 27 rings (SSSR count). The van der Waals surface area contributed by atoms with Crippen LogP contribution in [0.4, 0.5) is 34.1 Å². The second kappa shape index (κ2) is 32.0. The number of anilines is 6. The highest BCUT2D eigenvalue weighted by Crippen LogP contribution is 2.46. The first-order chi connectivity index (χ1) is 66.4. The van der Waals surface area contributed by atoms with Gasteiger partial charge in [-0.05, 0) is 262 Å². The predicted octanol–water partition coefficient (Wildman–Crippen LogP) is 34.8. The molecular weight excluding hydrogens is 1630 g/mol. The van der Waals surface area contributed by atoms with Crippen molar-refractivity contribution in [3.05, 3.63) is 497 Å². The third kappa shape index (κ3) is 13.2. The fourth-order valence-electron chi connectivity index (χ4n) is 20.7. The van der Waals surface area contributed by atoms with Crippen LogP contribution in [-0.2, 0) is 0 Å². The van der Waals surface area contributed by atoms with E-state index in [1.807, 2.05) is 24.3 Å². The molecule has 0 radical (unpaired) electrons. The zero-order chi connectivity index (χ0) is 88.3. The molecular formula is C126H82N6O2. The van der Waals surface area contributed by atoms with Crippen molar-refractivity contribution in [3.8, 4) is 78.4 Å². The van der Waals surface area contributed by atoms with Crippen LogP contribution in [0.1, 0.15) is 0 Å². The van der Waals surface area contributed by atoms with Crippen LogP contribution in [0.25, 0.3) is 209 Å². The first-order valence-electron chi connectivity index (χ1n) is 45.7. The van der Waals surface area contributed by atoms with Gasteiger partial charge in [-0.3, -0.25) is 0 Å². The summed E-state index contributed by atoms with van der Waals surface area (Å²) in [6.07, 6.45) is 0. The van der Waals surface area contributed by atoms with Crippen LogP contribution in [0.3, 0.4) is 0 Å². The summed E-state index contributed by atoms with van der Waals surface area (Å²) >= 11 is 0. The molecule has 0 bridgehead atoms. The van der Waals surface area contributed by atoms with E-state index in [0.29, 0.717) is 0 Å². The molecule has 0 aliphatic carbocycles. The molecule has 0 N–H and O–H groups in total. The molecule has 0 saturated heterocycles. The van der Waals surface area contributed by atoms with Gasteiger partial charge < -0.3 is 36.9 Å². The monoisotopic (exact) mass is 1710 g/mol. The molecule has 8 nitrogen and oxygen atoms in total. The summed E-state index contributed by atoms with van der Waals surface area (Å²) in [4.78, 5) is 4.71. The Labute approximate surface area is 772 Å². The lowest BCUT2D eigenvalue weighted by molar-refractivity contribution is 0.668. The largest absolute Gasteiger partial charge is 0.456 e. The number of para-hydroxylation sites is 10. The second-order valence-electron chi connectivity index (χ2n) is 34.7. The average molecular weight is 1710 g/mol. The number of fused-ring (bicyclic) bond motifs is 18. The van der Waals surface area contributed by atoms with E-state index in [2.05, 4.69) is 501 Å². The molecule has 0 amide bonds. The van der Waals surface area contributed by atoms with Gasteiger partial charge in [0.05, 0.1) is 44.1 Å². The van der Waals surface area contributed by atoms with Gasteiger partial charge in [-0.25, -0.2) is 0 Å². The van der Waals surface area contributed by atoms with E-state index in [0.717, 1.165) is 140 Å². The number of aromatic nitrogens is 4. The molecule has 0 spiro atoms. The molecule has 27 aromatic rings. The lowest BCUT2D eigenvalue weighted by atomic mass is 10.0. The Morgan fingerprint density at radius 3 is 0.627 bits per heavy atom. The summed E-state index contributed by atoms with van der Waals surface area (Å²) in [5.74, 6) is 0. The quantitative estimate of drug-likeness (QED) is 0.103. The van der Waals surface area contributed by atoms with Crippen molar-refractivity contribution in [2.24, 2.45) is 0 Å². The fourth-order valence-corrected chi connectivity index (χ4v) is 20.7. The van der Waals surface area contributed by atoms with Crippen molar-refractivity contribution in [3.63, 3.8) is 0 Å². The van der Waals surface area contributed by atoms with Crippen LogP contribution in [0.2, 0.25) is 0 Å². The van der Waals surface area contributed by atoms with E-state index >= 15 is 0 Å². The van der Waals surface area contributed by atoms with Crippen molar-refractivity contribution in [1.82, 2.24) is 18.3 Å². The smallest absolute Gasteiger partial charge is 0.135 e. The fraction of sp³-hybridized carbons (Fsp3) is 0. The van der Waals surface area contributed by atoms with Gasteiger partial charge in [0, 0.05) is 122 Å². The molecule has 8 heteroatoms. The Hall–Kier alpha value is -18.0. The van der Waals surface area contributed by atoms with Crippen LogP contribution >= 0.6 is 0 Å². The highest BCUT2D eigenvalue weighted by atomic mass is 16.3. The summed E-state index contributed by atoms with van der Waals surface area (Å²) in [7, 11) is 0. The predicted molar refractivity (Wildman–Crippen MR) is 561 cm³/mol. The molecule has 21 aromatic carbocycles. The van der Waals surface area contributed by atoms with Gasteiger partial charge in [0.1, 0.15) is 22.3 Å². The van der Waals surface area contributed by atoms with Gasteiger partial charge >= 0.3 is 0 Å². The summed E-state index contributed by atoms with van der Waals surface area (Å²) < 4.78 is 21.8. The van der Waals surface area contributed by atoms with Gasteiger partial charge in [-0.1, -0.05) is 291 Å². The Bertz CT molecular complexity index is 9090. The number of nitrogens with zero attached hydrogens (tertiary/aromatic N) is 6. The Morgan fingerprint density at radius 1 is 0.127 bits per heavy atom. The standard InChI is InChI=1S/C66H43N3O.C60H39N3O/c1-2-12-50(13-3-1)69-63-20-10-6-16-57(63)58-40-30-49(43-64(58)69)47-28-36-53(37-29-47)67(52-34-26-46(27-35-52)48-31-41-66-60(42-48)59-17-7-11-21-65(59)70-66)51-32-22-44(23-33-51)45-24-38-54(39-25-45)68-61-18-8-4-14-55(61)56-15-5-9-19-62(56)68;1-2-12-44(13-3-1)63-57-20-10-6-16-51(57)52-36-26-43(39-58(52)63)41-24-30-46(31-25-41)61(45-28-22-40(23-29-45)42-27-37-60-54(38-42)53-17-7-11-21-59(53)64-60)47-32-34-48(35-33-47)62-55-18-8-4-14-49(55)50-15-5-9-19-56(50)62/h1-43H;1-39H. The first-order valence-corrected chi connectivity index (χ1v) is 45.7. The SMILES string of the molecule is c1ccc(-n2c3ccccc3c3ccc(-c4ccc(N(c5ccc(-c6ccc(-n7c8ccccc8c8ccccc87)cc6)cc5)c5ccc(-c6ccc7oc8ccccc8c7c6)cc5)cc4)cc32)cc1.c1ccc(-n2c3ccccc3c3ccc(-c4ccc(N(c5ccc(-c6ccc7oc8ccccc8c7c6)cc5)c5ccc(-n6c7ccccc7c7ccccc76)cc5)cc4)cc32)cc1. The van der Waals surface area contributed by atoms with E-state index in [1.54, 1.807) is 0 Å². The zero-order valence-corrected chi connectivity index (χ0v) is 72.8. The summed E-state index contributed by atoms with van der Waals surface area (Å²) in [5, 5.41) is 14.6. The number of hydrogen-bond donors (Lipinski definition) is 0. The maximum Gasteiger partial charge on any atom is 0.135 e. The molecule has 0 aliphatic heterocycles. The van der Waals surface area contributed by atoms with Crippen LogP contribution in [0, 0.1) is 0 Å². The Kier molecular flexibility index (Phi) is 18.5.